The monoisotopic (exact) mass is 277 g/mol. The summed E-state index contributed by atoms with van der Waals surface area (Å²) in [7, 11) is 2.24. The number of hydrogen-bond donors (Lipinski definition) is 1. The van der Waals surface area contributed by atoms with Gasteiger partial charge in [0.1, 0.15) is 31.9 Å². The Morgan fingerprint density at radius 1 is 1.40 bits per heavy atom. The van der Waals surface area contributed by atoms with Crippen molar-refractivity contribution in [2.24, 2.45) is 0 Å². The summed E-state index contributed by atoms with van der Waals surface area (Å²) in [6.45, 7) is 5.27. The molecule has 108 valence electrons. The molecule has 0 amide bonds. The molecule has 0 radical (unpaired) electrons. The normalized spacial score (nSPS) is 18.2. The molecule has 6 heteroatoms. The number of hydrogen-bond acceptors (Lipinski definition) is 4. The van der Waals surface area contributed by atoms with E-state index in [1.807, 2.05) is 24.4 Å². The highest BCUT2D eigenvalue weighted by atomic mass is 16.5. The molecule has 1 aliphatic heterocycles. The van der Waals surface area contributed by atoms with Crippen LogP contribution in [-0.4, -0.2) is 60.6 Å². The molecule has 0 bridgehead atoms. The minimum absolute atomic E-state index is 0.524. The van der Waals surface area contributed by atoms with Crippen LogP contribution in [0.4, 0.5) is 5.69 Å². The lowest BCUT2D eigenvalue weighted by atomic mass is 10.3. The number of aromatic nitrogens is 2. The van der Waals surface area contributed by atoms with Gasteiger partial charge in [-0.1, -0.05) is 6.07 Å². The molecule has 0 spiro atoms. The maximum absolute atomic E-state index is 6.06. The van der Waals surface area contributed by atoms with Gasteiger partial charge in [0.05, 0.1) is 25.8 Å². The van der Waals surface area contributed by atoms with Gasteiger partial charge in [0.2, 0.25) is 0 Å². The number of nitrogens with zero attached hydrogens (tertiary/aromatic N) is 3. The summed E-state index contributed by atoms with van der Waals surface area (Å²) in [6, 6.07) is 5.80. The van der Waals surface area contributed by atoms with Gasteiger partial charge in [0, 0.05) is 6.20 Å². The molecule has 1 saturated heterocycles. The van der Waals surface area contributed by atoms with E-state index in [0.717, 1.165) is 42.8 Å². The lowest BCUT2D eigenvalue weighted by Crippen LogP contribution is -2.53. The molecular formula is C14H21N4O2+. The second kappa shape index (κ2) is 5.30. The Kier molecular flexibility index (Phi) is 3.50. The highest BCUT2D eigenvalue weighted by Crippen LogP contribution is 2.24. The van der Waals surface area contributed by atoms with Crippen molar-refractivity contribution in [3.05, 3.63) is 24.4 Å². The Labute approximate surface area is 118 Å². The van der Waals surface area contributed by atoms with Gasteiger partial charge in [0.15, 0.2) is 0 Å². The Morgan fingerprint density at radius 2 is 2.20 bits per heavy atom. The Bertz CT molecular complexity index is 590. The summed E-state index contributed by atoms with van der Waals surface area (Å²) < 4.78 is 13.9. The summed E-state index contributed by atoms with van der Waals surface area (Å²) in [5.41, 5.74) is 7.55. The molecule has 0 atom stereocenters. The van der Waals surface area contributed by atoms with E-state index in [0.29, 0.717) is 18.2 Å². The van der Waals surface area contributed by atoms with E-state index in [4.69, 9.17) is 15.2 Å². The van der Waals surface area contributed by atoms with Crippen molar-refractivity contribution < 1.29 is 14.0 Å². The average molecular weight is 277 g/mol. The van der Waals surface area contributed by atoms with Crippen LogP contribution in [0.1, 0.15) is 0 Å². The van der Waals surface area contributed by atoms with E-state index in [1.54, 1.807) is 4.52 Å². The predicted molar refractivity (Wildman–Crippen MR) is 76.7 cm³/mol. The van der Waals surface area contributed by atoms with Gasteiger partial charge < -0.3 is 19.7 Å². The van der Waals surface area contributed by atoms with Crippen molar-refractivity contribution >= 4 is 11.2 Å². The van der Waals surface area contributed by atoms with Crippen molar-refractivity contribution in [2.75, 3.05) is 52.2 Å². The molecule has 3 heterocycles. The quantitative estimate of drug-likeness (QED) is 0.839. The van der Waals surface area contributed by atoms with Crippen LogP contribution in [0.25, 0.3) is 5.52 Å². The smallest absolute Gasteiger partial charge is 0.257 e. The lowest BCUT2D eigenvalue weighted by Gasteiger charge is -2.37. The first-order valence-electron chi connectivity index (χ1n) is 6.95. The van der Waals surface area contributed by atoms with Crippen LogP contribution < -0.4 is 10.5 Å². The fourth-order valence-corrected chi connectivity index (χ4v) is 2.47. The van der Waals surface area contributed by atoms with Crippen LogP contribution in [0, 0.1) is 0 Å². The summed E-state index contributed by atoms with van der Waals surface area (Å²) in [5, 5.41) is 4.36. The number of nitrogen functional groups attached to an aromatic ring is 1. The molecule has 2 N–H and O–H groups in total. The van der Waals surface area contributed by atoms with Crippen molar-refractivity contribution in [3.8, 4) is 5.88 Å². The molecule has 20 heavy (non-hydrogen) atoms. The Hall–Kier alpha value is -1.79. The molecule has 0 aromatic carbocycles. The van der Waals surface area contributed by atoms with E-state index >= 15 is 0 Å². The second-order valence-corrected chi connectivity index (χ2v) is 5.50. The summed E-state index contributed by atoms with van der Waals surface area (Å²) in [6.07, 6.45) is 1.87. The maximum Gasteiger partial charge on any atom is 0.257 e. The third-order valence-corrected chi connectivity index (χ3v) is 3.97. The molecule has 0 saturated carbocycles. The van der Waals surface area contributed by atoms with Crippen LogP contribution in [0.15, 0.2) is 24.4 Å². The molecule has 1 aliphatic rings. The molecular weight excluding hydrogens is 256 g/mol. The number of pyridine rings is 1. The van der Waals surface area contributed by atoms with Crippen LogP contribution in [0.2, 0.25) is 0 Å². The third kappa shape index (κ3) is 2.57. The number of morpholine rings is 1. The lowest BCUT2D eigenvalue weighted by molar-refractivity contribution is -0.916. The number of rotatable bonds is 4. The van der Waals surface area contributed by atoms with Crippen molar-refractivity contribution in [1.82, 2.24) is 9.61 Å². The van der Waals surface area contributed by atoms with E-state index in [-0.39, 0.29) is 0 Å². The van der Waals surface area contributed by atoms with Gasteiger partial charge in [-0.2, -0.15) is 0 Å². The zero-order chi connectivity index (χ0) is 14.0. The van der Waals surface area contributed by atoms with E-state index in [9.17, 15) is 0 Å². The van der Waals surface area contributed by atoms with Gasteiger partial charge >= 0.3 is 0 Å². The van der Waals surface area contributed by atoms with Crippen LogP contribution in [-0.2, 0) is 4.74 Å². The van der Waals surface area contributed by atoms with Gasteiger partial charge in [-0.05, 0) is 12.1 Å². The van der Waals surface area contributed by atoms with Crippen molar-refractivity contribution in [1.29, 1.82) is 0 Å². The minimum atomic E-state index is 0.524. The SMILES string of the molecule is C[N+]1(CCOc2nn3ccccc3c2N)CCOCC1. The Morgan fingerprint density at radius 3 is 2.95 bits per heavy atom. The number of fused-ring (bicyclic) bond motifs is 1. The van der Waals surface area contributed by atoms with E-state index in [1.165, 1.54) is 0 Å². The molecule has 1 fully saturated rings. The summed E-state index contributed by atoms with van der Waals surface area (Å²) >= 11 is 0. The first-order valence-corrected chi connectivity index (χ1v) is 6.95. The van der Waals surface area contributed by atoms with Crippen LogP contribution >= 0.6 is 0 Å². The van der Waals surface area contributed by atoms with Crippen LogP contribution in [0.3, 0.4) is 0 Å². The van der Waals surface area contributed by atoms with Gasteiger partial charge in [-0.3, -0.25) is 0 Å². The van der Waals surface area contributed by atoms with Crippen molar-refractivity contribution in [2.45, 2.75) is 0 Å². The fraction of sp³-hybridized carbons (Fsp3) is 0.500. The second-order valence-electron chi connectivity index (χ2n) is 5.50. The Balaban J connectivity index is 1.63. The first-order chi connectivity index (χ1) is 9.68. The minimum Gasteiger partial charge on any atom is -0.469 e. The van der Waals surface area contributed by atoms with Gasteiger partial charge in [-0.25, -0.2) is 4.52 Å². The molecule has 3 rings (SSSR count). The third-order valence-electron chi connectivity index (χ3n) is 3.97. The molecule has 2 aromatic heterocycles. The van der Waals surface area contributed by atoms with Gasteiger partial charge in [0.25, 0.3) is 5.88 Å². The molecule has 0 unspecified atom stereocenters. The standard InChI is InChI=1S/C14H21N4O2/c1-18(6-9-19-10-7-18)8-11-20-14-13(15)12-4-2-3-5-17(12)16-14/h2-5H,6-11,15H2,1H3/q+1. The fourth-order valence-electron chi connectivity index (χ4n) is 2.47. The first kappa shape index (κ1) is 13.2. The van der Waals surface area contributed by atoms with E-state index in [2.05, 4.69) is 12.1 Å². The highest BCUT2D eigenvalue weighted by Gasteiger charge is 2.25. The predicted octanol–water partition coefficient (Wildman–Crippen LogP) is 0.772. The molecule has 0 aliphatic carbocycles. The summed E-state index contributed by atoms with van der Waals surface area (Å²) in [4.78, 5) is 0. The van der Waals surface area contributed by atoms with Crippen LogP contribution in [0.5, 0.6) is 5.88 Å². The number of nitrogens with two attached hydrogens (primary N) is 1. The molecule has 6 nitrogen and oxygen atoms in total. The maximum atomic E-state index is 6.06. The summed E-state index contributed by atoms with van der Waals surface area (Å²) in [5.74, 6) is 0.524. The van der Waals surface area contributed by atoms with E-state index < -0.39 is 0 Å². The number of quaternary nitrogens is 1. The average Bonchev–Trinajstić information content (AvgIpc) is 2.77. The number of anilines is 1. The zero-order valence-electron chi connectivity index (χ0n) is 11.8. The topological polar surface area (TPSA) is 61.8 Å². The largest absolute Gasteiger partial charge is 0.469 e. The van der Waals surface area contributed by atoms with Gasteiger partial charge in [-0.15, -0.1) is 5.10 Å². The number of ether oxygens (including phenoxy) is 2. The zero-order valence-corrected chi connectivity index (χ0v) is 11.8. The highest BCUT2D eigenvalue weighted by molar-refractivity contribution is 5.74. The number of likely N-dealkylation sites (N-methyl/N-ethyl adjacent to an activating group) is 1. The van der Waals surface area contributed by atoms with Crippen molar-refractivity contribution in [3.63, 3.8) is 0 Å². The molecule has 2 aromatic rings.